The van der Waals surface area contributed by atoms with Gasteiger partial charge in [-0.3, -0.25) is 14.4 Å². The molecule has 7 nitrogen and oxygen atoms in total. The smallest absolute Gasteiger partial charge is 0.228 e. The van der Waals surface area contributed by atoms with Crippen molar-refractivity contribution in [2.45, 2.75) is 38.1 Å². The van der Waals surface area contributed by atoms with Crippen LogP contribution in [0.25, 0.3) is 10.2 Å². The van der Waals surface area contributed by atoms with Gasteiger partial charge in [0.1, 0.15) is 5.82 Å². The maximum absolute atomic E-state index is 13.2. The van der Waals surface area contributed by atoms with Gasteiger partial charge in [0, 0.05) is 18.7 Å². The molecule has 0 radical (unpaired) electrons. The molecular weight excluding hydrogens is 475 g/mol. The second-order valence-electron chi connectivity index (χ2n) is 8.04. The summed E-state index contributed by atoms with van der Waals surface area (Å²) >= 11 is 1.43. The van der Waals surface area contributed by atoms with Crippen LogP contribution in [0.4, 0.5) is 9.52 Å². The summed E-state index contributed by atoms with van der Waals surface area (Å²) in [7, 11) is -3.61. The lowest BCUT2D eigenvalue weighted by molar-refractivity contribution is -0.118. The lowest BCUT2D eigenvalue weighted by Gasteiger charge is -2.20. The Hall–Kier alpha value is -3.11. The van der Waals surface area contributed by atoms with Gasteiger partial charge in [0.15, 0.2) is 15.0 Å². The van der Waals surface area contributed by atoms with Crippen molar-refractivity contribution in [1.29, 1.82) is 0 Å². The van der Waals surface area contributed by atoms with Crippen molar-refractivity contribution in [3.63, 3.8) is 0 Å². The topological polar surface area (TPSA) is 85.2 Å². The Morgan fingerprint density at radius 3 is 2.53 bits per heavy atom. The van der Waals surface area contributed by atoms with E-state index in [4.69, 9.17) is 0 Å². The number of carbonyl (C=O) groups is 1. The highest BCUT2D eigenvalue weighted by Crippen LogP contribution is 2.29. The van der Waals surface area contributed by atoms with Gasteiger partial charge in [-0.15, -0.1) is 0 Å². The number of sulfone groups is 1. The lowest BCUT2D eigenvalue weighted by Crippen LogP contribution is -2.34. The number of amides is 1. The Morgan fingerprint density at radius 1 is 1.12 bits per heavy atom. The van der Waals surface area contributed by atoms with Crippen molar-refractivity contribution in [3.05, 3.63) is 71.8 Å². The van der Waals surface area contributed by atoms with Gasteiger partial charge in [0.05, 0.1) is 33.1 Å². The Balaban J connectivity index is 1.48. The van der Waals surface area contributed by atoms with E-state index < -0.39 is 15.7 Å². The molecule has 0 aliphatic heterocycles. The molecule has 2 aromatic heterocycles. The van der Waals surface area contributed by atoms with Crippen LogP contribution in [0.1, 0.15) is 24.2 Å². The molecule has 178 valence electrons. The van der Waals surface area contributed by atoms with Gasteiger partial charge in [-0.2, -0.15) is 5.10 Å². The molecule has 0 saturated heterocycles. The number of nitrogens with zero attached hydrogens (tertiary/aromatic N) is 4. The Bertz CT molecular complexity index is 1380. The molecule has 0 N–H and O–H groups in total. The number of halogens is 1. The summed E-state index contributed by atoms with van der Waals surface area (Å²) in [6, 6.07) is 14.4. The minimum Gasteiger partial charge on any atom is -0.286 e. The summed E-state index contributed by atoms with van der Waals surface area (Å²) in [5.74, 6) is -0.895. The van der Waals surface area contributed by atoms with E-state index in [1.165, 1.54) is 23.5 Å². The van der Waals surface area contributed by atoms with Gasteiger partial charge >= 0.3 is 0 Å². The molecule has 2 heterocycles. The van der Waals surface area contributed by atoms with Gasteiger partial charge < -0.3 is 0 Å². The molecule has 34 heavy (non-hydrogen) atoms. The molecule has 0 aliphatic carbocycles. The minimum atomic E-state index is -3.61. The molecule has 10 heteroatoms. The normalized spacial score (nSPS) is 11.7. The zero-order chi connectivity index (χ0) is 24.3. The fraction of sp³-hybridized carbons (Fsp3) is 0.292. The summed E-state index contributed by atoms with van der Waals surface area (Å²) in [5.41, 5.74) is 2.71. The number of hydrogen-bond acceptors (Lipinski definition) is 6. The summed E-state index contributed by atoms with van der Waals surface area (Å²) in [6.45, 7) is 4.74. The van der Waals surface area contributed by atoms with Crippen molar-refractivity contribution in [3.8, 4) is 0 Å². The number of anilines is 1. The van der Waals surface area contributed by atoms with Crippen LogP contribution >= 0.6 is 11.3 Å². The molecule has 0 unspecified atom stereocenters. The van der Waals surface area contributed by atoms with E-state index in [9.17, 15) is 17.6 Å². The highest BCUT2D eigenvalue weighted by Gasteiger charge is 2.22. The van der Waals surface area contributed by atoms with Crippen LogP contribution in [0.3, 0.4) is 0 Å². The van der Waals surface area contributed by atoms with Gasteiger partial charge in [-0.05, 0) is 62.7 Å². The van der Waals surface area contributed by atoms with Crippen molar-refractivity contribution >= 4 is 42.4 Å². The first kappa shape index (κ1) is 24.0. The van der Waals surface area contributed by atoms with E-state index in [0.717, 1.165) is 33.7 Å². The molecular formula is C24H25FN4O3S2. The zero-order valence-electron chi connectivity index (χ0n) is 18.9. The number of aromatic nitrogens is 3. The van der Waals surface area contributed by atoms with E-state index >= 15 is 0 Å². The van der Waals surface area contributed by atoms with Gasteiger partial charge in [-0.25, -0.2) is 17.8 Å². The van der Waals surface area contributed by atoms with Crippen molar-refractivity contribution in [2.24, 2.45) is 0 Å². The second-order valence-corrected chi connectivity index (χ2v) is 11.2. The molecule has 4 aromatic rings. The van der Waals surface area contributed by atoms with Crippen LogP contribution in [0.5, 0.6) is 0 Å². The van der Waals surface area contributed by atoms with E-state index in [0.29, 0.717) is 18.2 Å². The van der Waals surface area contributed by atoms with E-state index in [2.05, 4.69) is 10.1 Å². The van der Waals surface area contributed by atoms with Gasteiger partial charge in [-0.1, -0.05) is 23.5 Å². The summed E-state index contributed by atoms with van der Waals surface area (Å²) in [4.78, 5) is 19.5. The SMILES string of the molecule is Cc1cc(C)n(CCN(C(=O)CCCS(=O)(=O)c2ccc(F)cc2)c2nc3ccccc3s2)n1. The van der Waals surface area contributed by atoms with Gasteiger partial charge in [0.2, 0.25) is 5.91 Å². The average molecular weight is 501 g/mol. The molecule has 0 aliphatic rings. The van der Waals surface area contributed by atoms with E-state index in [-0.39, 0.29) is 29.4 Å². The fourth-order valence-electron chi connectivity index (χ4n) is 3.71. The Morgan fingerprint density at radius 2 is 1.85 bits per heavy atom. The van der Waals surface area contributed by atoms with Crippen LogP contribution in [-0.2, 0) is 21.2 Å². The third-order valence-electron chi connectivity index (χ3n) is 5.43. The monoisotopic (exact) mass is 500 g/mol. The molecule has 0 saturated carbocycles. The molecule has 0 spiro atoms. The molecule has 2 aromatic carbocycles. The van der Waals surface area contributed by atoms with Crippen LogP contribution in [-0.4, -0.2) is 41.4 Å². The second kappa shape index (κ2) is 10.0. The molecule has 4 rings (SSSR count). The number of para-hydroxylation sites is 1. The fourth-order valence-corrected chi connectivity index (χ4v) is 6.03. The first-order chi connectivity index (χ1) is 16.2. The maximum atomic E-state index is 13.2. The van der Waals surface area contributed by atoms with Crippen LogP contribution in [0.2, 0.25) is 0 Å². The first-order valence-corrected chi connectivity index (χ1v) is 13.3. The van der Waals surface area contributed by atoms with Crippen molar-refractivity contribution in [1.82, 2.24) is 14.8 Å². The quantitative estimate of drug-likeness (QED) is 0.315. The molecule has 0 atom stereocenters. The van der Waals surface area contributed by atoms with Crippen LogP contribution < -0.4 is 4.90 Å². The van der Waals surface area contributed by atoms with Crippen LogP contribution in [0.15, 0.2) is 59.5 Å². The molecule has 1 amide bonds. The third-order valence-corrected chi connectivity index (χ3v) is 8.31. The number of thiazole rings is 1. The van der Waals surface area contributed by atoms with Crippen molar-refractivity contribution < 1.29 is 17.6 Å². The maximum Gasteiger partial charge on any atom is 0.228 e. The predicted molar refractivity (Wildman–Crippen MR) is 131 cm³/mol. The summed E-state index contributed by atoms with van der Waals surface area (Å²) < 4.78 is 41.1. The highest BCUT2D eigenvalue weighted by atomic mass is 32.2. The number of hydrogen-bond donors (Lipinski definition) is 0. The van der Waals surface area contributed by atoms with Crippen LogP contribution in [0, 0.1) is 19.7 Å². The first-order valence-electron chi connectivity index (χ1n) is 10.9. The van der Waals surface area contributed by atoms with E-state index in [1.54, 1.807) is 4.90 Å². The average Bonchev–Trinajstić information content (AvgIpc) is 3.36. The predicted octanol–water partition coefficient (Wildman–Crippen LogP) is 4.54. The number of rotatable bonds is 9. The summed E-state index contributed by atoms with van der Waals surface area (Å²) in [6.07, 6.45) is 0.202. The number of benzene rings is 2. The highest BCUT2D eigenvalue weighted by molar-refractivity contribution is 7.91. The molecule has 0 bridgehead atoms. The largest absolute Gasteiger partial charge is 0.286 e. The van der Waals surface area contributed by atoms with E-state index in [1.807, 2.05) is 48.9 Å². The minimum absolute atomic E-state index is 0.0491. The Labute approximate surface area is 201 Å². The van der Waals surface area contributed by atoms with Gasteiger partial charge in [0.25, 0.3) is 0 Å². The number of fused-ring (bicyclic) bond motifs is 1. The zero-order valence-corrected chi connectivity index (χ0v) is 20.6. The lowest BCUT2D eigenvalue weighted by atomic mass is 10.3. The Kier molecular flexibility index (Phi) is 7.08. The standard InChI is InChI=1S/C24H25FN4O3S2/c1-17-16-18(2)29(27-17)14-13-28(24-26-21-6-3-4-7-22(21)33-24)23(30)8-5-15-34(31,32)20-11-9-19(25)10-12-20/h3-4,6-7,9-12,16H,5,8,13-15H2,1-2H3. The summed E-state index contributed by atoms with van der Waals surface area (Å²) in [5, 5.41) is 5.05. The third kappa shape index (κ3) is 5.51. The molecule has 0 fully saturated rings. The number of carbonyl (C=O) groups excluding carboxylic acids is 1. The number of aryl methyl sites for hydroxylation is 2. The van der Waals surface area contributed by atoms with Crippen molar-refractivity contribution in [2.75, 3.05) is 17.2 Å².